The minimum absolute atomic E-state index is 0.338. The summed E-state index contributed by atoms with van der Waals surface area (Å²) in [5, 5.41) is 12.1. The first-order valence-electron chi connectivity index (χ1n) is 5.65. The number of aliphatic hydroxyl groups is 1. The van der Waals surface area contributed by atoms with Gasteiger partial charge in [0, 0.05) is 19.2 Å². The van der Waals surface area contributed by atoms with E-state index in [1.165, 1.54) is 12.8 Å². The molecule has 0 aliphatic heterocycles. The van der Waals surface area contributed by atoms with Gasteiger partial charge in [0.15, 0.2) is 0 Å². The summed E-state index contributed by atoms with van der Waals surface area (Å²) in [7, 11) is 4.19. The lowest BCUT2D eigenvalue weighted by Crippen LogP contribution is -2.36. The fraction of sp³-hybridized carbons (Fsp3) is 1.00. The van der Waals surface area contributed by atoms with E-state index < -0.39 is 0 Å². The van der Waals surface area contributed by atoms with Crippen molar-refractivity contribution in [3.63, 3.8) is 0 Å². The lowest BCUT2D eigenvalue weighted by molar-refractivity contribution is 0.282. The molecule has 0 aromatic heterocycles. The minimum Gasteiger partial charge on any atom is -0.396 e. The molecule has 0 aliphatic rings. The number of hydrogen-bond donors (Lipinski definition) is 2. The second-order valence-corrected chi connectivity index (χ2v) is 4.26. The standard InChI is InChI=1S/C11H26N2O/c1-11(10-13(2)3)12-8-6-4-5-7-9-14/h11-12,14H,4-10H2,1-3H3. The fourth-order valence-electron chi connectivity index (χ4n) is 1.55. The molecule has 2 N–H and O–H groups in total. The molecule has 0 heterocycles. The van der Waals surface area contributed by atoms with Crippen molar-refractivity contribution in [3.8, 4) is 0 Å². The van der Waals surface area contributed by atoms with Gasteiger partial charge in [-0.3, -0.25) is 0 Å². The first-order valence-corrected chi connectivity index (χ1v) is 5.65. The Kier molecular flexibility index (Phi) is 9.35. The van der Waals surface area contributed by atoms with Crippen molar-refractivity contribution in [2.75, 3.05) is 33.8 Å². The summed E-state index contributed by atoms with van der Waals surface area (Å²) in [5.74, 6) is 0. The van der Waals surface area contributed by atoms with E-state index in [9.17, 15) is 0 Å². The molecule has 0 amide bonds. The zero-order valence-electron chi connectivity index (χ0n) is 9.92. The van der Waals surface area contributed by atoms with Gasteiger partial charge in [0.05, 0.1) is 0 Å². The van der Waals surface area contributed by atoms with E-state index in [0.29, 0.717) is 12.6 Å². The molecule has 0 aliphatic carbocycles. The molecule has 1 atom stereocenters. The Hall–Kier alpha value is -0.120. The summed E-state index contributed by atoms with van der Waals surface area (Å²) in [6.45, 7) is 4.75. The van der Waals surface area contributed by atoms with Gasteiger partial charge in [-0.1, -0.05) is 12.8 Å². The maximum absolute atomic E-state index is 8.59. The van der Waals surface area contributed by atoms with Gasteiger partial charge >= 0.3 is 0 Å². The predicted octanol–water partition coefficient (Wildman–Crippen LogP) is 1.08. The lowest BCUT2D eigenvalue weighted by Gasteiger charge is -2.18. The van der Waals surface area contributed by atoms with Crippen molar-refractivity contribution in [1.29, 1.82) is 0 Å². The zero-order valence-corrected chi connectivity index (χ0v) is 9.92. The number of unbranched alkanes of at least 4 members (excludes halogenated alkanes) is 3. The third kappa shape index (κ3) is 9.96. The Bertz CT molecular complexity index is 118. The monoisotopic (exact) mass is 202 g/mol. The van der Waals surface area contributed by atoms with E-state index >= 15 is 0 Å². The van der Waals surface area contributed by atoms with Gasteiger partial charge in [-0.2, -0.15) is 0 Å². The molecule has 0 fully saturated rings. The molecule has 0 aromatic rings. The Morgan fingerprint density at radius 1 is 1.14 bits per heavy atom. The smallest absolute Gasteiger partial charge is 0.0431 e. The Balaban J connectivity index is 3.10. The molecule has 86 valence electrons. The quantitative estimate of drug-likeness (QED) is 0.549. The maximum Gasteiger partial charge on any atom is 0.0431 e. The zero-order chi connectivity index (χ0) is 10.8. The normalized spacial score (nSPS) is 13.5. The topological polar surface area (TPSA) is 35.5 Å². The van der Waals surface area contributed by atoms with Crippen molar-refractivity contribution in [3.05, 3.63) is 0 Å². The van der Waals surface area contributed by atoms with Crippen LogP contribution in [0.2, 0.25) is 0 Å². The first-order chi connectivity index (χ1) is 6.66. The third-order valence-electron chi connectivity index (χ3n) is 2.22. The highest BCUT2D eigenvalue weighted by Gasteiger charge is 2.00. The second kappa shape index (κ2) is 9.44. The molecule has 0 radical (unpaired) electrons. The molecule has 0 bridgehead atoms. The highest BCUT2D eigenvalue weighted by atomic mass is 16.2. The number of likely N-dealkylation sites (N-methyl/N-ethyl adjacent to an activating group) is 1. The van der Waals surface area contributed by atoms with Crippen LogP contribution >= 0.6 is 0 Å². The summed E-state index contributed by atoms with van der Waals surface area (Å²) in [6.07, 6.45) is 4.55. The van der Waals surface area contributed by atoms with E-state index in [2.05, 4.69) is 31.2 Å². The number of nitrogens with one attached hydrogen (secondary N) is 1. The molecule has 0 saturated carbocycles. The largest absolute Gasteiger partial charge is 0.396 e. The minimum atomic E-state index is 0.338. The van der Waals surface area contributed by atoms with E-state index in [1.54, 1.807) is 0 Å². The van der Waals surface area contributed by atoms with Gasteiger partial charge < -0.3 is 15.3 Å². The number of nitrogens with zero attached hydrogens (tertiary/aromatic N) is 1. The average Bonchev–Trinajstić information content (AvgIpc) is 2.10. The van der Waals surface area contributed by atoms with Crippen LogP contribution in [-0.2, 0) is 0 Å². The maximum atomic E-state index is 8.59. The van der Waals surface area contributed by atoms with E-state index in [0.717, 1.165) is 25.9 Å². The van der Waals surface area contributed by atoms with Gasteiger partial charge in [-0.05, 0) is 40.4 Å². The second-order valence-electron chi connectivity index (χ2n) is 4.26. The third-order valence-corrected chi connectivity index (χ3v) is 2.22. The highest BCUT2D eigenvalue weighted by molar-refractivity contribution is 4.62. The Morgan fingerprint density at radius 2 is 1.79 bits per heavy atom. The molecule has 1 unspecified atom stereocenters. The lowest BCUT2D eigenvalue weighted by atomic mass is 10.2. The molecular formula is C11H26N2O. The van der Waals surface area contributed by atoms with Crippen molar-refractivity contribution in [2.24, 2.45) is 0 Å². The number of rotatable bonds is 9. The van der Waals surface area contributed by atoms with Gasteiger partial charge in [0.2, 0.25) is 0 Å². The van der Waals surface area contributed by atoms with Crippen LogP contribution in [0.4, 0.5) is 0 Å². The van der Waals surface area contributed by atoms with E-state index in [-0.39, 0.29) is 0 Å². The first kappa shape index (κ1) is 13.9. The van der Waals surface area contributed by atoms with Crippen molar-refractivity contribution in [1.82, 2.24) is 10.2 Å². The molecule has 0 spiro atoms. The van der Waals surface area contributed by atoms with Gasteiger partial charge in [-0.25, -0.2) is 0 Å². The van der Waals surface area contributed by atoms with Gasteiger partial charge in [-0.15, -0.1) is 0 Å². The van der Waals surface area contributed by atoms with Crippen LogP contribution in [0, 0.1) is 0 Å². The van der Waals surface area contributed by atoms with Gasteiger partial charge in [0.25, 0.3) is 0 Å². The molecule has 14 heavy (non-hydrogen) atoms. The fourth-order valence-corrected chi connectivity index (χ4v) is 1.55. The van der Waals surface area contributed by atoms with Crippen LogP contribution in [-0.4, -0.2) is 49.8 Å². The summed E-state index contributed by atoms with van der Waals surface area (Å²) in [6, 6.07) is 0.572. The summed E-state index contributed by atoms with van der Waals surface area (Å²) >= 11 is 0. The van der Waals surface area contributed by atoms with Crippen molar-refractivity contribution >= 4 is 0 Å². The highest BCUT2D eigenvalue weighted by Crippen LogP contribution is 1.98. The van der Waals surface area contributed by atoms with Gasteiger partial charge in [0.1, 0.15) is 0 Å². The summed E-state index contributed by atoms with van der Waals surface area (Å²) in [5.41, 5.74) is 0. The molecule has 3 heteroatoms. The average molecular weight is 202 g/mol. The molecule has 0 aromatic carbocycles. The van der Waals surface area contributed by atoms with Crippen LogP contribution in [0.1, 0.15) is 32.6 Å². The molecule has 3 nitrogen and oxygen atoms in total. The van der Waals surface area contributed by atoms with Crippen LogP contribution < -0.4 is 5.32 Å². The van der Waals surface area contributed by atoms with E-state index in [1.807, 2.05) is 0 Å². The Morgan fingerprint density at radius 3 is 2.36 bits per heavy atom. The summed E-state index contributed by atoms with van der Waals surface area (Å²) < 4.78 is 0. The number of aliphatic hydroxyl groups excluding tert-OH is 1. The van der Waals surface area contributed by atoms with Crippen LogP contribution in [0.5, 0.6) is 0 Å². The van der Waals surface area contributed by atoms with Crippen molar-refractivity contribution < 1.29 is 5.11 Å². The predicted molar refractivity (Wildman–Crippen MR) is 61.6 cm³/mol. The summed E-state index contributed by atoms with van der Waals surface area (Å²) in [4.78, 5) is 2.20. The van der Waals surface area contributed by atoms with E-state index in [4.69, 9.17) is 5.11 Å². The Labute approximate surface area is 88.5 Å². The molecule has 0 saturated heterocycles. The van der Waals surface area contributed by atoms with Crippen molar-refractivity contribution in [2.45, 2.75) is 38.6 Å². The van der Waals surface area contributed by atoms with Crippen LogP contribution in [0.25, 0.3) is 0 Å². The SMILES string of the molecule is CC(CN(C)C)NCCCCCCO. The van der Waals surface area contributed by atoms with Crippen LogP contribution in [0.15, 0.2) is 0 Å². The molecule has 0 rings (SSSR count). The number of hydrogen-bond acceptors (Lipinski definition) is 3. The van der Waals surface area contributed by atoms with Crippen LogP contribution in [0.3, 0.4) is 0 Å². The molecular weight excluding hydrogens is 176 g/mol.